The van der Waals surface area contributed by atoms with Gasteiger partial charge in [0.15, 0.2) is 15.0 Å². The molecule has 0 atom stereocenters. The Morgan fingerprint density at radius 3 is 2.73 bits per heavy atom. The molecular formula is C14H14N4O2S2. The van der Waals surface area contributed by atoms with Gasteiger partial charge in [0.25, 0.3) is 0 Å². The van der Waals surface area contributed by atoms with Gasteiger partial charge in [-0.1, -0.05) is 18.2 Å². The third-order valence-corrected chi connectivity index (χ3v) is 5.42. The molecule has 1 aromatic carbocycles. The van der Waals surface area contributed by atoms with E-state index in [2.05, 4.69) is 15.4 Å². The fourth-order valence-electron chi connectivity index (χ4n) is 1.95. The van der Waals surface area contributed by atoms with E-state index in [9.17, 15) is 8.42 Å². The van der Waals surface area contributed by atoms with E-state index in [0.717, 1.165) is 5.69 Å². The van der Waals surface area contributed by atoms with Gasteiger partial charge in [-0.05, 0) is 12.1 Å². The Balaban J connectivity index is 1.74. The van der Waals surface area contributed by atoms with E-state index < -0.39 is 9.84 Å². The molecule has 3 rings (SSSR count). The van der Waals surface area contributed by atoms with Gasteiger partial charge in [0.2, 0.25) is 0 Å². The van der Waals surface area contributed by atoms with Crippen molar-refractivity contribution < 1.29 is 8.42 Å². The number of benzene rings is 1. The number of thiazole rings is 1. The Labute approximate surface area is 132 Å². The lowest BCUT2D eigenvalue weighted by Crippen LogP contribution is -2.05. The Kier molecular flexibility index (Phi) is 3.95. The Bertz CT molecular complexity index is 869. The predicted molar refractivity (Wildman–Crippen MR) is 85.9 cm³/mol. The first-order valence-corrected chi connectivity index (χ1v) is 9.04. The SMILES string of the molecule is Cn1cc(Nc2nc(CS(=O)(=O)c3ccccc3)cs2)cn1. The first-order chi connectivity index (χ1) is 10.5. The van der Waals surface area contributed by atoms with Gasteiger partial charge in [0, 0.05) is 18.6 Å². The summed E-state index contributed by atoms with van der Waals surface area (Å²) in [6.45, 7) is 0. The summed E-state index contributed by atoms with van der Waals surface area (Å²) in [5, 5.41) is 9.55. The zero-order chi connectivity index (χ0) is 15.6. The highest BCUT2D eigenvalue weighted by atomic mass is 32.2. The van der Waals surface area contributed by atoms with Gasteiger partial charge in [0.1, 0.15) is 0 Å². The van der Waals surface area contributed by atoms with Crippen molar-refractivity contribution >= 4 is 32.0 Å². The van der Waals surface area contributed by atoms with Crippen LogP contribution in [0.2, 0.25) is 0 Å². The van der Waals surface area contributed by atoms with E-state index in [1.807, 2.05) is 13.2 Å². The maximum Gasteiger partial charge on any atom is 0.187 e. The quantitative estimate of drug-likeness (QED) is 0.776. The highest BCUT2D eigenvalue weighted by molar-refractivity contribution is 7.90. The summed E-state index contributed by atoms with van der Waals surface area (Å²) in [7, 11) is -1.54. The zero-order valence-electron chi connectivity index (χ0n) is 11.8. The maximum atomic E-state index is 12.3. The summed E-state index contributed by atoms with van der Waals surface area (Å²) >= 11 is 1.37. The summed E-state index contributed by atoms with van der Waals surface area (Å²) < 4.78 is 26.3. The van der Waals surface area contributed by atoms with E-state index in [-0.39, 0.29) is 5.75 Å². The lowest BCUT2D eigenvalue weighted by atomic mass is 10.4. The van der Waals surface area contributed by atoms with Crippen LogP contribution in [-0.4, -0.2) is 23.2 Å². The second kappa shape index (κ2) is 5.90. The van der Waals surface area contributed by atoms with Crippen molar-refractivity contribution in [1.29, 1.82) is 0 Å². The van der Waals surface area contributed by atoms with Crippen molar-refractivity contribution in [3.05, 3.63) is 53.8 Å². The number of rotatable bonds is 5. The summed E-state index contributed by atoms with van der Waals surface area (Å²) in [5.41, 5.74) is 1.34. The summed E-state index contributed by atoms with van der Waals surface area (Å²) in [6.07, 6.45) is 3.50. The standard InChI is InChI=1S/C14H14N4O2S2/c1-18-8-11(7-15-18)16-14-17-12(9-21-14)10-22(19,20)13-5-3-2-4-6-13/h2-9H,10H2,1H3,(H,16,17). The van der Waals surface area contributed by atoms with Crippen molar-refractivity contribution in [3.8, 4) is 0 Å². The molecule has 3 aromatic rings. The molecule has 6 nitrogen and oxygen atoms in total. The van der Waals surface area contributed by atoms with Crippen LogP contribution in [0.4, 0.5) is 10.8 Å². The molecular weight excluding hydrogens is 320 g/mol. The number of hydrogen-bond donors (Lipinski definition) is 1. The van der Waals surface area contributed by atoms with Gasteiger partial charge < -0.3 is 5.32 Å². The van der Waals surface area contributed by atoms with E-state index in [1.165, 1.54) is 11.3 Å². The van der Waals surface area contributed by atoms with Crippen molar-refractivity contribution in [2.75, 3.05) is 5.32 Å². The molecule has 0 unspecified atom stereocenters. The fourth-order valence-corrected chi connectivity index (χ4v) is 4.06. The average molecular weight is 334 g/mol. The Morgan fingerprint density at radius 2 is 2.05 bits per heavy atom. The third kappa shape index (κ3) is 3.34. The highest BCUT2D eigenvalue weighted by Crippen LogP contribution is 2.23. The molecule has 2 heterocycles. The molecule has 22 heavy (non-hydrogen) atoms. The number of nitrogens with zero attached hydrogens (tertiary/aromatic N) is 3. The van der Waals surface area contributed by atoms with Crippen molar-refractivity contribution in [2.24, 2.45) is 7.05 Å². The topological polar surface area (TPSA) is 76.9 Å². The number of anilines is 2. The molecule has 1 N–H and O–H groups in total. The van der Waals surface area contributed by atoms with Gasteiger partial charge in [-0.2, -0.15) is 5.10 Å². The first-order valence-electron chi connectivity index (χ1n) is 6.51. The zero-order valence-corrected chi connectivity index (χ0v) is 13.4. The van der Waals surface area contributed by atoms with Gasteiger partial charge in [-0.25, -0.2) is 13.4 Å². The van der Waals surface area contributed by atoms with Crippen LogP contribution in [0, 0.1) is 0 Å². The molecule has 2 aromatic heterocycles. The van der Waals surface area contributed by atoms with E-state index in [0.29, 0.717) is 15.7 Å². The molecule has 0 amide bonds. The summed E-state index contributed by atoms with van der Waals surface area (Å²) in [6, 6.07) is 8.40. The maximum absolute atomic E-state index is 12.3. The van der Waals surface area contributed by atoms with Crippen LogP contribution >= 0.6 is 11.3 Å². The van der Waals surface area contributed by atoms with Crippen LogP contribution < -0.4 is 5.32 Å². The minimum atomic E-state index is -3.37. The monoisotopic (exact) mass is 334 g/mol. The molecule has 0 saturated carbocycles. The molecule has 0 radical (unpaired) electrons. The van der Waals surface area contributed by atoms with E-state index in [4.69, 9.17) is 0 Å². The molecule has 0 aliphatic heterocycles. The molecule has 0 aliphatic carbocycles. The molecule has 0 spiro atoms. The van der Waals surface area contributed by atoms with Crippen LogP contribution in [-0.2, 0) is 22.6 Å². The number of nitrogens with one attached hydrogen (secondary N) is 1. The van der Waals surface area contributed by atoms with Crippen molar-refractivity contribution in [2.45, 2.75) is 10.6 Å². The highest BCUT2D eigenvalue weighted by Gasteiger charge is 2.17. The predicted octanol–water partition coefficient (Wildman–Crippen LogP) is 2.59. The smallest absolute Gasteiger partial charge is 0.187 e. The Morgan fingerprint density at radius 1 is 1.27 bits per heavy atom. The van der Waals surface area contributed by atoms with E-state index >= 15 is 0 Å². The van der Waals surface area contributed by atoms with Crippen LogP contribution in [0.3, 0.4) is 0 Å². The van der Waals surface area contributed by atoms with Crippen LogP contribution in [0.25, 0.3) is 0 Å². The second-order valence-electron chi connectivity index (χ2n) is 4.74. The van der Waals surface area contributed by atoms with Gasteiger partial charge in [0.05, 0.1) is 28.2 Å². The minimum Gasteiger partial charge on any atom is -0.329 e. The van der Waals surface area contributed by atoms with Crippen molar-refractivity contribution in [1.82, 2.24) is 14.8 Å². The lowest BCUT2D eigenvalue weighted by molar-refractivity contribution is 0.595. The molecule has 0 aliphatic rings. The van der Waals surface area contributed by atoms with Gasteiger partial charge in [-0.3, -0.25) is 4.68 Å². The molecule has 8 heteroatoms. The second-order valence-corrected chi connectivity index (χ2v) is 7.59. The molecule has 114 valence electrons. The van der Waals surface area contributed by atoms with E-state index in [1.54, 1.807) is 46.6 Å². The molecule has 0 saturated heterocycles. The largest absolute Gasteiger partial charge is 0.329 e. The minimum absolute atomic E-state index is 0.109. The van der Waals surface area contributed by atoms with Gasteiger partial charge in [-0.15, -0.1) is 11.3 Å². The van der Waals surface area contributed by atoms with Crippen molar-refractivity contribution in [3.63, 3.8) is 0 Å². The average Bonchev–Trinajstić information content (AvgIpc) is 3.09. The normalized spacial score (nSPS) is 11.5. The third-order valence-electron chi connectivity index (χ3n) is 2.95. The Hall–Kier alpha value is -2.19. The molecule has 0 fully saturated rings. The lowest BCUT2D eigenvalue weighted by Gasteiger charge is -2.01. The number of aromatic nitrogens is 3. The number of hydrogen-bond acceptors (Lipinski definition) is 6. The van der Waals surface area contributed by atoms with Crippen LogP contribution in [0.5, 0.6) is 0 Å². The van der Waals surface area contributed by atoms with Crippen LogP contribution in [0.15, 0.2) is 53.0 Å². The van der Waals surface area contributed by atoms with Crippen LogP contribution in [0.1, 0.15) is 5.69 Å². The summed E-state index contributed by atoms with van der Waals surface area (Å²) in [5.74, 6) is -0.109. The molecule has 0 bridgehead atoms. The summed E-state index contributed by atoms with van der Waals surface area (Å²) in [4.78, 5) is 4.63. The van der Waals surface area contributed by atoms with Gasteiger partial charge >= 0.3 is 0 Å². The number of sulfone groups is 1. The number of aryl methyl sites for hydroxylation is 1. The fraction of sp³-hybridized carbons (Fsp3) is 0.143. The first kappa shape index (κ1) is 14.7.